The molecule has 36 heavy (non-hydrogen) atoms. The number of benzene rings is 3. The Balaban J connectivity index is 1.47. The summed E-state index contributed by atoms with van der Waals surface area (Å²) < 4.78 is 20.7. The molecule has 3 aromatic carbocycles. The monoisotopic (exact) mass is 494 g/mol. The van der Waals surface area contributed by atoms with E-state index in [-0.39, 0.29) is 54.8 Å². The molecule has 0 spiro atoms. The van der Waals surface area contributed by atoms with Gasteiger partial charge >= 0.3 is 23.9 Å². The summed E-state index contributed by atoms with van der Waals surface area (Å²) in [6.45, 7) is 3.77. The summed E-state index contributed by atoms with van der Waals surface area (Å²) in [5.41, 5.74) is 0.789. The van der Waals surface area contributed by atoms with Gasteiger partial charge in [0.2, 0.25) is 0 Å². The molecule has 188 valence electrons. The zero-order chi connectivity index (χ0) is 26.1. The average Bonchev–Trinajstić information content (AvgIpc) is 2.87. The standard InChI is InChI=1S/C27H26O9/c1-17(2)33-10-11-34-25(30)21-4-3-5-22(16-21)26(31)35-12-13-36-27(32)23-9-7-18-14-20(24(28)29)8-6-19(18)15-23/h3-9,14-17H,10-13H2,1-2H3,(H,28,29). The fourth-order valence-corrected chi connectivity index (χ4v) is 3.22. The van der Waals surface area contributed by atoms with Gasteiger partial charge in [-0.25, -0.2) is 19.2 Å². The third-order valence-electron chi connectivity index (χ3n) is 4.97. The normalized spacial score (nSPS) is 10.8. The van der Waals surface area contributed by atoms with Crippen LogP contribution in [0.2, 0.25) is 0 Å². The number of aromatic carboxylic acids is 1. The summed E-state index contributed by atoms with van der Waals surface area (Å²) in [6.07, 6.45) is 0.0302. The number of carboxylic acid groups (broad SMARTS) is 1. The van der Waals surface area contributed by atoms with E-state index in [1.165, 1.54) is 42.5 Å². The van der Waals surface area contributed by atoms with Crippen molar-refractivity contribution >= 4 is 34.6 Å². The first-order valence-corrected chi connectivity index (χ1v) is 11.2. The Labute approximate surface area is 207 Å². The van der Waals surface area contributed by atoms with Crippen molar-refractivity contribution in [1.82, 2.24) is 0 Å². The maximum absolute atomic E-state index is 12.3. The largest absolute Gasteiger partial charge is 0.478 e. The Morgan fingerprint density at radius 3 is 1.58 bits per heavy atom. The van der Waals surface area contributed by atoms with Gasteiger partial charge in [-0.05, 0) is 67.1 Å². The number of carbonyl (C=O) groups excluding carboxylic acids is 3. The molecule has 0 heterocycles. The van der Waals surface area contributed by atoms with Crippen LogP contribution in [0, 0.1) is 0 Å². The van der Waals surface area contributed by atoms with Crippen molar-refractivity contribution in [3.8, 4) is 0 Å². The molecule has 0 amide bonds. The van der Waals surface area contributed by atoms with E-state index < -0.39 is 23.9 Å². The van der Waals surface area contributed by atoms with Gasteiger partial charge in [0, 0.05) is 0 Å². The molecule has 3 aromatic rings. The van der Waals surface area contributed by atoms with Crippen LogP contribution in [0.5, 0.6) is 0 Å². The zero-order valence-electron chi connectivity index (χ0n) is 19.9. The van der Waals surface area contributed by atoms with Crippen LogP contribution in [0.15, 0.2) is 60.7 Å². The first-order chi connectivity index (χ1) is 17.2. The maximum Gasteiger partial charge on any atom is 0.338 e. The molecule has 0 aliphatic heterocycles. The van der Waals surface area contributed by atoms with Crippen molar-refractivity contribution in [3.05, 3.63) is 82.9 Å². The van der Waals surface area contributed by atoms with Crippen molar-refractivity contribution in [2.24, 2.45) is 0 Å². The number of esters is 3. The molecule has 0 aromatic heterocycles. The molecule has 0 radical (unpaired) electrons. The lowest BCUT2D eigenvalue weighted by molar-refractivity contribution is 0.0176. The van der Waals surface area contributed by atoms with Crippen molar-refractivity contribution < 1.29 is 43.2 Å². The molecule has 1 N–H and O–H groups in total. The Kier molecular flexibility index (Phi) is 9.13. The fourth-order valence-electron chi connectivity index (χ4n) is 3.22. The molecule has 0 atom stereocenters. The number of carbonyl (C=O) groups is 4. The molecular formula is C27H26O9. The van der Waals surface area contributed by atoms with E-state index in [1.807, 2.05) is 13.8 Å². The molecule has 9 heteroatoms. The first-order valence-electron chi connectivity index (χ1n) is 11.2. The Morgan fingerprint density at radius 2 is 1.08 bits per heavy atom. The van der Waals surface area contributed by atoms with Crippen LogP contribution in [-0.4, -0.2) is 61.5 Å². The highest BCUT2D eigenvalue weighted by molar-refractivity contribution is 5.98. The summed E-state index contributed by atoms with van der Waals surface area (Å²) in [5, 5.41) is 10.4. The average molecular weight is 494 g/mol. The first kappa shape index (κ1) is 26.4. The predicted molar refractivity (Wildman–Crippen MR) is 129 cm³/mol. The van der Waals surface area contributed by atoms with E-state index in [0.29, 0.717) is 10.8 Å². The van der Waals surface area contributed by atoms with E-state index in [9.17, 15) is 19.2 Å². The summed E-state index contributed by atoms with van der Waals surface area (Å²) in [4.78, 5) is 47.9. The van der Waals surface area contributed by atoms with Crippen LogP contribution in [0.25, 0.3) is 10.8 Å². The minimum atomic E-state index is -1.03. The summed E-state index contributed by atoms with van der Waals surface area (Å²) >= 11 is 0. The SMILES string of the molecule is CC(C)OCCOC(=O)c1cccc(C(=O)OCCOC(=O)c2ccc3cc(C(=O)O)ccc3c2)c1. The third kappa shape index (κ3) is 7.38. The quantitative estimate of drug-likeness (QED) is 0.238. The van der Waals surface area contributed by atoms with Crippen LogP contribution in [0.1, 0.15) is 55.3 Å². The van der Waals surface area contributed by atoms with E-state index in [0.717, 1.165) is 0 Å². The minimum Gasteiger partial charge on any atom is -0.478 e. The molecule has 0 saturated heterocycles. The Morgan fingerprint density at radius 1 is 0.639 bits per heavy atom. The lowest BCUT2D eigenvalue weighted by Crippen LogP contribution is -2.15. The highest BCUT2D eigenvalue weighted by Crippen LogP contribution is 2.19. The molecule has 3 rings (SSSR count). The second kappa shape index (κ2) is 12.5. The number of fused-ring (bicyclic) bond motifs is 1. The van der Waals surface area contributed by atoms with Crippen LogP contribution >= 0.6 is 0 Å². The number of ether oxygens (including phenoxy) is 4. The van der Waals surface area contributed by atoms with E-state index in [4.69, 9.17) is 24.1 Å². The van der Waals surface area contributed by atoms with Gasteiger partial charge in [-0.15, -0.1) is 0 Å². The fraction of sp³-hybridized carbons (Fsp3) is 0.259. The number of rotatable bonds is 11. The smallest absolute Gasteiger partial charge is 0.338 e. The zero-order valence-corrected chi connectivity index (χ0v) is 19.9. The number of hydrogen-bond donors (Lipinski definition) is 1. The van der Waals surface area contributed by atoms with E-state index >= 15 is 0 Å². The summed E-state index contributed by atoms with van der Waals surface area (Å²) in [6, 6.07) is 15.3. The van der Waals surface area contributed by atoms with Gasteiger partial charge in [0.15, 0.2) is 0 Å². The lowest BCUT2D eigenvalue weighted by atomic mass is 10.0. The van der Waals surface area contributed by atoms with Crippen molar-refractivity contribution in [3.63, 3.8) is 0 Å². The van der Waals surface area contributed by atoms with Gasteiger partial charge in [-0.3, -0.25) is 0 Å². The van der Waals surface area contributed by atoms with Crippen molar-refractivity contribution in [1.29, 1.82) is 0 Å². The van der Waals surface area contributed by atoms with Crippen LogP contribution in [-0.2, 0) is 18.9 Å². The predicted octanol–water partition coefficient (Wildman–Crippen LogP) is 4.13. The number of carboxylic acids is 1. The molecule has 0 aliphatic rings. The Hall–Kier alpha value is -4.24. The van der Waals surface area contributed by atoms with Gasteiger partial charge < -0.3 is 24.1 Å². The Bertz CT molecular complexity index is 1260. The molecule has 0 aliphatic carbocycles. The van der Waals surface area contributed by atoms with Crippen LogP contribution in [0.3, 0.4) is 0 Å². The molecule has 0 saturated carbocycles. The lowest BCUT2D eigenvalue weighted by Gasteiger charge is -2.09. The second-order valence-electron chi connectivity index (χ2n) is 7.99. The van der Waals surface area contributed by atoms with E-state index in [2.05, 4.69) is 0 Å². The minimum absolute atomic E-state index is 0.0302. The van der Waals surface area contributed by atoms with Gasteiger partial charge in [-0.1, -0.05) is 18.2 Å². The highest BCUT2D eigenvalue weighted by Gasteiger charge is 2.14. The maximum atomic E-state index is 12.3. The molecule has 0 fully saturated rings. The molecular weight excluding hydrogens is 468 g/mol. The van der Waals surface area contributed by atoms with E-state index in [1.54, 1.807) is 18.2 Å². The molecule has 9 nitrogen and oxygen atoms in total. The topological polar surface area (TPSA) is 125 Å². The van der Waals surface area contributed by atoms with Gasteiger partial charge in [-0.2, -0.15) is 0 Å². The summed E-state index contributed by atoms with van der Waals surface area (Å²) in [7, 11) is 0. The van der Waals surface area contributed by atoms with Crippen LogP contribution in [0.4, 0.5) is 0 Å². The van der Waals surface area contributed by atoms with Crippen molar-refractivity contribution in [2.45, 2.75) is 20.0 Å². The second-order valence-corrected chi connectivity index (χ2v) is 7.99. The van der Waals surface area contributed by atoms with Gasteiger partial charge in [0.25, 0.3) is 0 Å². The van der Waals surface area contributed by atoms with Gasteiger partial charge in [0.1, 0.15) is 19.8 Å². The number of hydrogen-bond acceptors (Lipinski definition) is 8. The highest BCUT2D eigenvalue weighted by atomic mass is 16.6. The molecule has 0 unspecified atom stereocenters. The molecule has 0 bridgehead atoms. The van der Waals surface area contributed by atoms with Crippen LogP contribution < -0.4 is 0 Å². The third-order valence-corrected chi connectivity index (χ3v) is 4.97. The summed E-state index contributed by atoms with van der Waals surface area (Å²) in [5.74, 6) is -2.90. The van der Waals surface area contributed by atoms with Gasteiger partial charge in [0.05, 0.1) is 35.0 Å². The van der Waals surface area contributed by atoms with Crippen molar-refractivity contribution in [2.75, 3.05) is 26.4 Å².